The van der Waals surface area contributed by atoms with Crippen LogP contribution in [-0.4, -0.2) is 32.3 Å². The van der Waals surface area contributed by atoms with Crippen LogP contribution in [0, 0.1) is 6.92 Å². The first-order chi connectivity index (χ1) is 7.88. The minimum atomic E-state index is -4.64. The Morgan fingerprint density at radius 3 is 2.76 bits per heavy atom. The van der Waals surface area contributed by atoms with Crippen LogP contribution >= 0.6 is 0 Å². The van der Waals surface area contributed by atoms with Gasteiger partial charge in [0.1, 0.15) is 5.82 Å². The molecule has 0 aromatic carbocycles. The molecule has 2 aromatic heterocycles. The lowest BCUT2D eigenvalue weighted by atomic mass is 10.2. The summed E-state index contributed by atoms with van der Waals surface area (Å²) in [4.78, 5) is 10.6. The maximum Gasteiger partial charge on any atom is 0.414 e. The highest BCUT2D eigenvalue weighted by Crippen LogP contribution is 2.23. The van der Waals surface area contributed by atoms with E-state index >= 15 is 0 Å². The first-order valence-electron chi connectivity index (χ1n) is 4.93. The number of aliphatic hydroxyl groups is 1. The molecule has 0 fully saturated rings. The predicted octanol–water partition coefficient (Wildman–Crippen LogP) is 1.73. The van der Waals surface area contributed by atoms with Crippen molar-refractivity contribution in [3.05, 3.63) is 23.7 Å². The van der Waals surface area contributed by atoms with Gasteiger partial charge in [0.25, 0.3) is 0 Å². The third-order valence-electron chi connectivity index (χ3n) is 2.41. The number of aliphatic hydroxyl groups excluding tert-OH is 1. The molecule has 2 rings (SSSR count). The van der Waals surface area contributed by atoms with Gasteiger partial charge in [-0.3, -0.25) is 0 Å². The lowest BCUT2D eigenvalue weighted by Crippen LogP contribution is -2.30. The smallest absolute Gasteiger partial charge is 0.383 e. The van der Waals surface area contributed by atoms with Crippen molar-refractivity contribution in [2.24, 2.45) is 0 Å². The van der Waals surface area contributed by atoms with E-state index in [2.05, 4.69) is 15.0 Å². The van der Waals surface area contributed by atoms with E-state index < -0.39 is 18.7 Å². The largest absolute Gasteiger partial charge is 0.414 e. The van der Waals surface area contributed by atoms with E-state index in [9.17, 15) is 13.2 Å². The number of hydrogen-bond donors (Lipinski definition) is 2. The van der Waals surface area contributed by atoms with Gasteiger partial charge in [-0.25, -0.2) is 9.97 Å². The Kier molecular flexibility index (Phi) is 2.78. The third-order valence-corrected chi connectivity index (χ3v) is 2.41. The van der Waals surface area contributed by atoms with Crippen LogP contribution in [0.2, 0.25) is 0 Å². The highest BCUT2D eigenvalue weighted by Gasteiger charge is 2.38. The van der Waals surface area contributed by atoms with Gasteiger partial charge in [-0.2, -0.15) is 13.2 Å². The fourth-order valence-electron chi connectivity index (χ4n) is 1.48. The summed E-state index contributed by atoms with van der Waals surface area (Å²) in [5.41, 5.74) is 1.79. The number of alkyl halides is 3. The summed E-state index contributed by atoms with van der Waals surface area (Å²) in [7, 11) is 0. The fourth-order valence-corrected chi connectivity index (χ4v) is 1.48. The monoisotopic (exact) mass is 245 g/mol. The van der Waals surface area contributed by atoms with Gasteiger partial charge in [0.2, 0.25) is 0 Å². The Labute approximate surface area is 94.5 Å². The Morgan fingerprint density at radius 2 is 2.18 bits per heavy atom. The first kappa shape index (κ1) is 11.8. The summed E-state index contributed by atoms with van der Waals surface area (Å²) in [6, 6.07) is 1.73. The Morgan fingerprint density at radius 1 is 1.47 bits per heavy atom. The van der Waals surface area contributed by atoms with Crippen LogP contribution in [0.5, 0.6) is 0 Å². The van der Waals surface area contributed by atoms with E-state index in [1.807, 2.05) is 0 Å². The molecule has 0 aliphatic heterocycles. The summed E-state index contributed by atoms with van der Waals surface area (Å²) in [5, 5.41) is 8.93. The van der Waals surface area contributed by atoms with E-state index in [1.165, 1.54) is 6.20 Å². The number of aryl methyl sites for hydroxylation is 1. The lowest BCUT2D eigenvalue weighted by Gasteiger charge is -2.12. The molecule has 4 nitrogen and oxygen atoms in total. The molecular formula is C10H10F3N3O. The molecule has 0 aliphatic rings. The number of nitrogens with one attached hydrogen (secondary N) is 1. The fraction of sp³-hybridized carbons (Fsp3) is 0.400. The number of hydrogen-bond acceptors (Lipinski definition) is 3. The molecule has 92 valence electrons. The number of pyridine rings is 1. The summed E-state index contributed by atoms with van der Waals surface area (Å²) in [6.07, 6.45) is -6.12. The molecule has 2 N–H and O–H groups in total. The predicted molar refractivity (Wildman–Crippen MR) is 54.4 cm³/mol. The second kappa shape index (κ2) is 3.99. The molecule has 1 atom stereocenters. The van der Waals surface area contributed by atoms with Crippen molar-refractivity contribution in [3.8, 4) is 0 Å². The van der Waals surface area contributed by atoms with Crippen molar-refractivity contribution >= 4 is 11.2 Å². The van der Waals surface area contributed by atoms with Crippen LogP contribution in [0.4, 0.5) is 13.2 Å². The summed E-state index contributed by atoms with van der Waals surface area (Å²) in [5.74, 6) is 0.0756. The number of rotatable bonds is 2. The molecule has 0 saturated carbocycles. The Bertz CT molecular complexity index is 535. The highest BCUT2D eigenvalue weighted by molar-refractivity contribution is 5.74. The first-order valence-corrected chi connectivity index (χ1v) is 4.93. The second-order valence-electron chi connectivity index (χ2n) is 3.77. The van der Waals surface area contributed by atoms with Crippen molar-refractivity contribution in [1.82, 2.24) is 15.0 Å². The van der Waals surface area contributed by atoms with E-state index in [1.54, 1.807) is 13.0 Å². The van der Waals surface area contributed by atoms with Crippen LogP contribution in [0.15, 0.2) is 12.3 Å². The number of aromatic amines is 1. The van der Waals surface area contributed by atoms with Gasteiger partial charge in [-0.15, -0.1) is 0 Å². The van der Waals surface area contributed by atoms with Gasteiger partial charge in [0.15, 0.2) is 11.8 Å². The Hall–Kier alpha value is -1.63. The lowest BCUT2D eigenvalue weighted by molar-refractivity contribution is -0.203. The number of fused-ring (bicyclic) bond motifs is 1. The zero-order valence-corrected chi connectivity index (χ0v) is 8.91. The van der Waals surface area contributed by atoms with Crippen LogP contribution in [0.1, 0.15) is 11.4 Å². The molecule has 2 heterocycles. The molecule has 1 unspecified atom stereocenters. The Balaban J connectivity index is 2.29. The van der Waals surface area contributed by atoms with E-state index in [-0.39, 0.29) is 5.82 Å². The zero-order valence-electron chi connectivity index (χ0n) is 8.91. The van der Waals surface area contributed by atoms with Crippen LogP contribution in [0.3, 0.4) is 0 Å². The molecule has 2 aromatic rings. The van der Waals surface area contributed by atoms with Gasteiger partial charge >= 0.3 is 6.18 Å². The van der Waals surface area contributed by atoms with E-state index in [0.29, 0.717) is 11.2 Å². The van der Waals surface area contributed by atoms with Gasteiger partial charge in [-0.1, -0.05) is 0 Å². The van der Waals surface area contributed by atoms with Crippen LogP contribution in [-0.2, 0) is 6.42 Å². The molecule has 0 bridgehead atoms. The molecule has 0 aliphatic carbocycles. The summed E-state index contributed by atoms with van der Waals surface area (Å²) < 4.78 is 36.5. The standard InChI is InChI=1S/C10H10F3N3O/c1-5-2-3-14-9-8(5)15-7(16-9)4-6(17)10(11,12)13/h2-3,6,17H,4H2,1H3,(H,14,15,16). The minimum absolute atomic E-state index is 0.0756. The van der Waals surface area contributed by atoms with Gasteiger partial charge in [0.05, 0.1) is 5.52 Å². The molecule has 17 heavy (non-hydrogen) atoms. The third kappa shape index (κ3) is 2.38. The van der Waals surface area contributed by atoms with Crippen molar-refractivity contribution in [3.63, 3.8) is 0 Å². The molecule has 0 spiro atoms. The summed E-state index contributed by atoms with van der Waals surface area (Å²) in [6.45, 7) is 1.80. The van der Waals surface area contributed by atoms with E-state index in [4.69, 9.17) is 5.11 Å². The maximum atomic E-state index is 12.2. The van der Waals surface area contributed by atoms with E-state index in [0.717, 1.165) is 5.56 Å². The SMILES string of the molecule is Cc1ccnc2nc(CC(O)C(F)(F)F)[nH]c12. The number of aromatic nitrogens is 3. The number of nitrogens with zero attached hydrogens (tertiary/aromatic N) is 2. The summed E-state index contributed by atoms with van der Waals surface area (Å²) >= 11 is 0. The maximum absolute atomic E-state index is 12.2. The van der Waals surface area contributed by atoms with Gasteiger partial charge in [0, 0.05) is 12.6 Å². The molecule has 0 radical (unpaired) electrons. The van der Waals surface area contributed by atoms with Gasteiger partial charge < -0.3 is 10.1 Å². The van der Waals surface area contributed by atoms with Crippen molar-refractivity contribution in [2.75, 3.05) is 0 Å². The average Bonchev–Trinajstić information content (AvgIpc) is 2.60. The second-order valence-corrected chi connectivity index (χ2v) is 3.77. The normalized spacial score (nSPS) is 14.2. The topological polar surface area (TPSA) is 61.8 Å². The number of imidazole rings is 1. The van der Waals surface area contributed by atoms with Crippen molar-refractivity contribution in [2.45, 2.75) is 25.6 Å². The average molecular weight is 245 g/mol. The molecule has 7 heteroatoms. The molecule has 0 amide bonds. The zero-order chi connectivity index (χ0) is 12.6. The molecule has 0 saturated heterocycles. The molecular weight excluding hydrogens is 235 g/mol. The number of halogens is 3. The highest BCUT2D eigenvalue weighted by atomic mass is 19.4. The quantitative estimate of drug-likeness (QED) is 0.847. The van der Waals surface area contributed by atoms with Crippen molar-refractivity contribution in [1.29, 1.82) is 0 Å². The minimum Gasteiger partial charge on any atom is -0.383 e. The number of H-pyrrole nitrogens is 1. The van der Waals surface area contributed by atoms with Crippen molar-refractivity contribution < 1.29 is 18.3 Å². The van der Waals surface area contributed by atoms with Crippen LogP contribution in [0.25, 0.3) is 11.2 Å². The van der Waals surface area contributed by atoms with Crippen LogP contribution < -0.4 is 0 Å². The van der Waals surface area contributed by atoms with Gasteiger partial charge in [-0.05, 0) is 18.6 Å².